The van der Waals surface area contributed by atoms with Crippen LogP contribution in [0.2, 0.25) is 12.6 Å². The predicted octanol–water partition coefficient (Wildman–Crippen LogP) is 0.284. The molecule has 0 aromatic heterocycles. The predicted molar refractivity (Wildman–Crippen MR) is 43.2 cm³/mol. The number of hydrogen-bond donors (Lipinski definition) is 1. The van der Waals surface area contributed by atoms with Gasteiger partial charge in [0.1, 0.15) is 0 Å². The molecule has 0 saturated carbocycles. The van der Waals surface area contributed by atoms with Crippen LogP contribution in [-0.4, -0.2) is 39.4 Å². The van der Waals surface area contributed by atoms with Crippen LogP contribution in [0.3, 0.4) is 0 Å². The summed E-state index contributed by atoms with van der Waals surface area (Å²) in [6, 6.07) is 1.05. The molecule has 1 N–H and O–H groups in total. The zero-order valence-electron chi connectivity index (χ0n) is 6.59. The molecule has 1 atom stereocenters. The molecule has 0 aliphatic heterocycles. The maximum absolute atomic E-state index is 8.99. The van der Waals surface area contributed by atoms with E-state index in [0.29, 0.717) is 0 Å². The molecule has 0 aromatic rings. The highest BCUT2D eigenvalue weighted by molar-refractivity contribution is 6.48. The zero-order valence-corrected chi connectivity index (χ0v) is 7.75. The fourth-order valence-corrected chi connectivity index (χ4v) is 1.48. The van der Waals surface area contributed by atoms with Crippen molar-refractivity contribution in [2.24, 2.45) is 0 Å². The van der Waals surface area contributed by atoms with Crippen LogP contribution in [0.5, 0.6) is 0 Å². The average Bonchev–Trinajstić information content (AvgIpc) is 1.63. The summed E-state index contributed by atoms with van der Waals surface area (Å²) in [7, 11) is 2.86. The van der Waals surface area contributed by atoms with Gasteiger partial charge in [-0.15, -0.1) is 0 Å². The highest BCUT2D eigenvalue weighted by Crippen LogP contribution is 1.94. The van der Waals surface area contributed by atoms with E-state index < -0.39 is 9.04 Å². The van der Waals surface area contributed by atoms with Gasteiger partial charge < -0.3 is 9.70 Å². The zero-order chi connectivity index (χ0) is 7.28. The Kier molecular flexibility index (Phi) is 5.04. The van der Waals surface area contributed by atoms with Crippen molar-refractivity contribution in [3.63, 3.8) is 0 Å². The molecule has 0 fully saturated rings. The first-order chi connectivity index (χ1) is 4.13. The smallest absolute Gasteiger partial charge is 0.169 e. The van der Waals surface area contributed by atoms with Crippen molar-refractivity contribution in [1.82, 2.24) is 4.90 Å². The van der Waals surface area contributed by atoms with Gasteiger partial charge in [0.2, 0.25) is 0 Å². The Bertz CT molecular complexity index is 58.1. The summed E-state index contributed by atoms with van der Waals surface area (Å²) < 4.78 is 0. The summed E-state index contributed by atoms with van der Waals surface area (Å²) in [6.45, 7) is 3.08. The van der Waals surface area contributed by atoms with E-state index in [9.17, 15) is 0 Å². The molecule has 0 radical (unpaired) electrons. The van der Waals surface area contributed by atoms with Crippen molar-refractivity contribution in [2.75, 3.05) is 20.6 Å². The number of rotatable bonds is 4. The Morgan fingerprint density at radius 1 is 1.44 bits per heavy atom. The minimum Gasteiger partial charge on any atom is -0.435 e. The monoisotopic (exact) mass is 147 g/mol. The molecule has 0 aliphatic carbocycles. The maximum Gasteiger partial charge on any atom is 0.169 e. The summed E-state index contributed by atoms with van der Waals surface area (Å²) >= 11 is 0. The fraction of sp³-hybridized carbons (Fsp3) is 1.00. The van der Waals surface area contributed by atoms with Crippen LogP contribution in [0.1, 0.15) is 6.42 Å². The lowest BCUT2D eigenvalue weighted by atomic mass is 10.5. The van der Waals surface area contributed by atoms with Crippen molar-refractivity contribution in [3.05, 3.63) is 0 Å². The third-order valence-corrected chi connectivity index (χ3v) is 2.47. The largest absolute Gasteiger partial charge is 0.435 e. The molecule has 1 unspecified atom stereocenters. The van der Waals surface area contributed by atoms with Crippen LogP contribution in [-0.2, 0) is 0 Å². The van der Waals surface area contributed by atoms with E-state index in [1.807, 2.05) is 6.55 Å². The van der Waals surface area contributed by atoms with E-state index in [2.05, 4.69) is 19.0 Å². The standard InChI is InChI=1S/C6H17NOSi/c1-7(2)5-4-6-9(3)8/h8-9H,4-6H2,1-3H3. The van der Waals surface area contributed by atoms with E-state index in [-0.39, 0.29) is 0 Å². The molecule has 0 heterocycles. The van der Waals surface area contributed by atoms with Crippen LogP contribution >= 0.6 is 0 Å². The van der Waals surface area contributed by atoms with E-state index >= 15 is 0 Å². The first-order valence-electron chi connectivity index (χ1n) is 3.45. The lowest BCUT2D eigenvalue weighted by Gasteiger charge is -2.08. The van der Waals surface area contributed by atoms with Gasteiger partial charge in [-0.05, 0) is 39.7 Å². The number of hydrogen-bond acceptors (Lipinski definition) is 2. The molecule has 0 amide bonds. The van der Waals surface area contributed by atoms with Gasteiger partial charge in [0.05, 0.1) is 0 Å². The lowest BCUT2D eigenvalue weighted by Crippen LogP contribution is -2.15. The summed E-state index contributed by atoms with van der Waals surface area (Å²) in [6.07, 6.45) is 1.15. The van der Waals surface area contributed by atoms with E-state index in [1.165, 1.54) is 0 Å². The van der Waals surface area contributed by atoms with Crippen molar-refractivity contribution in [2.45, 2.75) is 19.0 Å². The second-order valence-corrected chi connectivity index (χ2v) is 5.07. The maximum atomic E-state index is 8.99. The van der Waals surface area contributed by atoms with E-state index in [1.54, 1.807) is 0 Å². The van der Waals surface area contributed by atoms with Gasteiger partial charge in [-0.1, -0.05) is 0 Å². The Balaban J connectivity index is 2.91. The van der Waals surface area contributed by atoms with Gasteiger partial charge in [0.15, 0.2) is 9.04 Å². The molecular formula is C6H17NOSi. The van der Waals surface area contributed by atoms with Gasteiger partial charge in [-0.2, -0.15) is 0 Å². The first kappa shape index (κ1) is 9.14. The van der Waals surface area contributed by atoms with Gasteiger partial charge in [0, 0.05) is 0 Å². The van der Waals surface area contributed by atoms with Crippen LogP contribution in [0.4, 0.5) is 0 Å². The molecule has 9 heavy (non-hydrogen) atoms. The quantitative estimate of drug-likeness (QED) is 0.578. The van der Waals surface area contributed by atoms with Gasteiger partial charge >= 0.3 is 0 Å². The Hall–Kier alpha value is 0.137. The Morgan fingerprint density at radius 2 is 2.00 bits per heavy atom. The summed E-state index contributed by atoms with van der Waals surface area (Å²) in [5.74, 6) is 0. The average molecular weight is 147 g/mol. The fourth-order valence-electron chi connectivity index (χ4n) is 0.703. The van der Waals surface area contributed by atoms with Gasteiger partial charge in [-0.25, -0.2) is 0 Å². The summed E-state index contributed by atoms with van der Waals surface area (Å²) in [5.41, 5.74) is 0. The van der Waals surface area contributed by atoms with Crippen molar-refractivity contribution in [1.29, 1.82) is 0 Å². The molecule has 0 spiro atoms. The summed E-state index contributed by atoms with van der Waals surface area (Å²) in [4.78, 5) is 11.1. The van der Waals surface area contributed by atoms with Crippen LogP contribution in [0.15, 0.2) is 0 Å². The van der Waals surface area contributed by atoms with Crippen molar-refractivity contribution >= 4 is 9.04 Å². The minimum absolute atomic E-state index is 1.05. The molecule has 2 nitrogen and oxygen atoms in total. The van der Waals surface area contributed by atoms with Crippen molar-refractivity contribution in [3.8, 4) is 0 Å². The van der Waals surface area contributed by atoms with Crippen LogP contribution < -0.4 is 0 Å². The van der Waals surface area contributed by atoms with Crippen LogP contribution in [0.25, 0.3) is 0 Å². The summed E-state index contributed by atoms with van der Waals surface area (Å²) in [5, 5.41) is 0. The van der Waals surface area contributed by atoms with Crippen molar-refractivity contribution < 1.29 is 4.80 Å². The Morgan fingerprint density at radius 3 is 2.33 bits per heavy atom. The highest BCUT2D eigenvalue weighted by Gasteiger charge is 1.97. The molecule has 0 saturated heterocycles. The molecule has 0 aromatic carbocycles. The second kappa shape index (κ2) is 4.96. The van der Waals surface area contributed by atoms with Crippen LogP contribution in [0, 0.1) is 0 Å². The third-order valence-electron chi connectivity index (χ3n) is 1.23. The van der Waals surface area contributed by atoms with Gasteiger partial charge in [-0.3, -0.25) is 0 Å². The minimum atomic E-state index is -1.26. The molecule has 3 heteroatoms. The molecule has 0 bridgehead atoms. The molecule has 0 rings (SSSR count). The molecule has 0 aliphatic rings. The topological polar surface area (TPSA) is 23.5 Å². The molecular weight excluding hydrogens is 130 g/mol. The second-order valence-electron chi connectivity index (χ2n) is 2.79. The normalized spacial score (nSPS) is 14.3. The van der Waals surface area contributed by atoms with Gasteiger partial charge in [0.25, 0.3) is 0 Å². The molecule has 56 valence electrons. The SMILES string of the molecule is CN(C)CCC[SiH](C)O. The number of nitrogens with zero attached hydrogens (tertiary/aromatic N) is 1. The lowest BCUT2D eigenvalue weighted by molar-refractivity contribution is 0.405. The van der Waals surface area contributed by atoms with E-state index in [4.69, 9.17) is 4.80 Å². The van der Waals surface area contributed by atoms with E-state index in [0.717, 1.165) is 19.0 Å². The third kappa shape index (κ3) is 8.14. The first-order valence-corrected chi connectivity index (χ1v) is 5.94. The highest BCUT2D eigenvalue weighted by atomic mass is 28.3. The Labute approximate surface area is 59.2 Å².